The third-order valence-corrected chi connectivity index (χ3v) is 4.19. The Morgan fingerprint density at radius 3 is 2.64 bits per heavy atom. The fraction of sp³-hybridized carbons (Fsp3) is 0.263. The van der Waals surface area contributed by atoms with E-state index < -0.39 is 4.92 Å². The van der Waals surface area contributed by atoms with Gasteiger partial charge in [-0.1, -0.05) is 6.07 Å². The van der Waals surface area contributed by atoms with E-state index in [0.717, 1.165) is 5.69 Å². The summed E-state index contributed by atoms with van der Waals surface area (Å²) in [4.78, 5) is 35.4. The molecule has 0 aromatic heterocycles. The minimum atomic E-state index is -0.449. The van der Waals surface area contributed by atoms with Crippen LogP contribution in [0.5, 0.6) is 0 Å². The Kier molecular flexibility index (Phi) is 6.05. The quantitative estimate of drug-likeness (QED) is 0.410. The van der Waals surface area contributed by atoms with Crippen molar-refractivity contribution in [1.29, 1.82) is 0 Å². The van der Waals surface area contributed by atoms with Crippen LogP contribution in [0.2, 0.25) is 0 Å². The molecule has 2 amide bonds. The van der Waals surface area contributed by atoms with Crippen LogP contribution in [0.3, 0.4) is 0 Å². The van der Waals surface area contributed by atoms with E-state index in [2.05, 4.69) is 10.6 Å². The molecule has 1 fully saturated rings. The van der Waals surface area contributed by atoms with Gasteiger partial charge in [0.2, 0.25) is 5.91 Å². The molecule has 146 valence electrons. The van der Waals surface area contributed by atoms with Crippen molar-refractivity contribution < 1.29 is 19.2 Å². The average Bonchev–Trinajstić information content (AvgIpc) is 3.12. The predicted molar refractivity (Wildman–Crippen MR) is 105 cm³/mol. The highest BCUT2D eigenvalue weighted by Gasteiger charge is 2.23. The Labute approximate surface area is 161 Å². The van der Waals surface area contributed by atoms with Crippen LogP contribution in [0, 0.1) is 10.1 Å². The van der Waals surface area contributed by atoms with Gasteiger partial charge in [-0.2, -0.15) is 0 Å². The Hall–Kier alpha value is -3.62. The van der Waals surface area contributed by atoms with Crippen LogP contribution in [0.4, 0.5) is 27.5 Å². The number of ether oxygens (including phenoxy) is 1. The maximum Gasteiger partial charge on any atom is 0.414 e. The number of nitro groups is 1. The Bertz CT molecular complexity index is 869. The van der Waals surface area contributed by atoms with Gasteiger partial charge in [-0.05, 0) is 36.8 Å². The number of non-ortho nitro benzene ring substituents is 1. The van der Waals surface area contributed by atoms with Gasteiger partial charge < -0.3 is 15.4 Å². The lowest BCUT2D eigenvalue weighted by Crippen LogP contribution is -2.23. The topological polar surface area (TPSA) is 114 Å². The van der Waals surface area contributed by atoms with Crippen molar-refractivity contribution >= 4 is 34.7 Å². The van der Waals surface area contributed by atoms with Crippen LogP contribution in [0.1, 0.15) is 12.8 Å². The van der Waals surface area contributed by atoms with Crippen molar-refractivity contribution in [3.63, 3.8) is 0 Å². The zero-order valence-electron chi connectivity index (χ0n) is 15.1. The largest absolute Gasteiger partial charge is 0.447 e. The van der Waals surface area contributed by atoms with E-state index in [-0.39, 0.29) is 17.7 Å². The van der Waals surface area contributed by atoms with Crippen LogP contribution in [-0.4, -0.2) is 36.6 Å². The van der Waals surface area contributed by atoms with E-state index in [1.165, 1.54) is 17.0 Å². The van der Waals surface area contributed by atoms with Crippen molar-refractivity contribution in [3.05, 3.63) is 58.6 Å². The summed E-state index contributed by atoms with van der Waals surface area (Å²) in [5, 5.41) is 16.6. The fourth-order valence-electron chi connectivity index (χ4n) is 2.79. The third-order valence-electron chi connectivity index (χ3n) is 4.19. The predicted octanol–water partition coefficient (Wildman–Crippen LogP) is 3.38. The second-order valence-electron chi connectivity index (χ2n) is 6.20. The Morgan fingerprint density at radius 2 is 1.96 bits per heavy atom. The van der Waals surface area contributed by atoms with Gasteiger partial charge in [-0.3, -0.25) is 19.8 Å². The monoisotopic (exact) mass is 384 g/mol. The molecule has 1 aliphatic heterocycles. The molecule has 0 spiro atoms. The summed E-state index contributed by atoms with van der Waals surface area (Å²) in [7, 11) is 0. The van der Waals surface area contributed by atoms with Crippen LogP contribution >= 0.6 is 0 Å². The maximum atomic E-state index is 12.1. The zero-order valence-corrected chi connectivity index (χ0v) is 15.1. The molecule has 0 atom stereocenters. The van der Waals surface area contributed by atoms with E-state index in [1.54, 1.807) is 36.4 Å². The fourth-order valence-corrected chi connectivity index (χ4v) is 2.79. The van der Waals surface area contributed by atoms with Crippen molar-refractivity contribution in [2.75, 3.05) is 35.2 Å². The molecule has 3 rings (SSSR count). The van der Waals surface area contributed by atoms with Crippen molar-refractivity contribution in [1.82, 2.24) is 0 Å². The Balaban J connectivity index is 1.43. The van der Waals surface area contributed by atoms with E-state index in [9.17, 15) is 19.7 Å². The lowest BCUT2D eigenvalue weighted by molar-refractivity contribution is -0.384. The van der Waals surface area contributed by atoms with Crippen molar-refractivity contribution in [2.24, 2.45) is 0 Å². The molecule has 1 saturated heterocycles. The number of benzene rings is 2. The lowest BCUT2D eigenvalue weighted by atomic mass is 10.2. The number of nitro benzene ring substituents is 1. The summed E-state index contributed by atoms with van der Waals surface area (Å²) in [6.45, 7) is 1.41. The maximum absolute atomic E-state index is 12.1. The highest BCUT2D eigenvalue weighted by Crippen LogP contribution is 2.22. The first-order valence-electron chi connectivity index (χ1n) is 8.85. The Morgan fingerprint density at radius 1 is 1.18 bits per heavy atom. The van der Waals surface area contributed by atoms with E-state index in [0.29, 0.717) is 43.9 Å². The van der Waals surface area contributed by atoms with Gasteiger partial charge in [0.05, 0.1) is 11.5 Å². The summed E-state index contributed by atoms with van der Waals surface area (Å²) in [6.07, 6.45) is 0.525. The number of carbonyl (C=O) groups excluding carboxylic acids is 2. The first-order valence-corrected chi connectivity index (χ1v) is 8.85. The molecule has 28 heavy (non-hydrogen) atoms. The minimum Gasteiger partial charge on any atom is -0.447 e. The smallest absolute Gasteiger partial charge is 0.414 e. The van der Waals surface area contributed by atoms with E-state index >= 15 is 0 Å². The molecule has 9 heteroatoms. The molecule has 2 aromatic rings. The number of rotatable bonds is 8. The molecule has 1 aliphatic rings. The number of amides is 2. The van der Waals surface area contributed by atoms with Gasteiger partial charge in [-0.15, -0.1) is 0 Å². The summed E-state index contributed by atoms with van der Waals surface area (Å²) in [6, 6.07) is 13.2. The van der Waals surface area contributed by atoms with Gasteiger partial charge in [0.15, 0.2) is 0 Å². The number of hydrogen-bond donors (Lipinski definition) is 2. The second kappa shape index (κ2) is 8.85. The molecule has 0 unspecified atom stereocenters. The summed E-state index contributed by atoms with van der Waals surface area (Å²) in [5.74, 6) is -0.133. The van der Waals surface area contributed by atoms with Gasteiger partial charge in [0.25, 0.3) is 5.69 Å². The molecular weight excluding hydrogens is 364 g/mol. The number of carbonyl (C=O) groups is 2. The summed E-state index contributed by atoms with van der Waals surface area (Å²) < 4.78 is 4.92. The van der Waals surface area contributed by atoms with E-state index in [1.807, 2.05) is 0 Å². The number of nitrogens with zero attached hydrogens (tertiary/aromatic N) is 2. The van der Waals surface area contributed by atoms with Crippen LogP contribution in [0.15, 0.2) is 48.5 Å². The number of anilines is 3. The standard InChI is InChI=1S/C19H20N4O5/c24-18(5-2-10-20-14-6-8-16(9-7-14)23(26)27)21-15-3-1-4-17(13-15)22-11-12-28-19(22)25/h1,3-4,6-9,13,20H,2,5,10-12H2,(H,21,24). The first kappa shape index (κ1) is 19.2. The number of nitrogens with one attached hydrogen (secondary N) is 2. The van der Waals surface area contributed by atoms with Crippen LogP contribution in [0.25, 0.3) is 0 Å². The van der Waals surface area contributed by atoms with Gasteiger partial charge >= 0.3 is 6.09 Å². The second-order valence-corrected chi connectivity index (χ2v) is 6.20. The zero-order chi connectivity index (χ0) is 19.9. The van der Waals surface area contributed by atoms with Crippen LogP contribution in [-0.2, 0) is 9.53 Å². The number of cyclic esters (lactones) is 1. The first-order chi connectivity index (χ1) is 13.5. The normalized spacial score (nSPS) is 13.1. The SMILES string of the molecule is O=C(CCCNc1ccc([N+](=O)[O-])cc1)Nc1cccc(N2CCOC2=O)c1. The summed E-state index contributed by atoms with van der Waals surface area (Å²) >= 11 is 0. The average molecular weight is 384 g/mol. The molecule has 0 bridgehead atoms. The molecule has 2 N–H and O–H groups in total. The minimum absolute atomic E-state index is 0.0364. The number of hydrogen-bond acceptors (Lipinski definition) is 6. The molecule has 1 heterocycles. The molecule has 0 saturated carbocycles. The molecule has 9 nitrogen and oxygen atoms in total. The highest BCUT2D eigenvalue weighted by molar-refractivity contribution is 5.93. The molecule has 0 aliphatic carbocycles. The molecular formula is C19H20N4O5. The van der Waals surface area contributed by atoms with E-state index in [4.69, 9.17) is 4.74 Å². The third kappa shape index (κ3) is 4.97. The van der Waals surface area contributed by atoms with Gasteiger partial charge in [0.1, 0.15) is 6.61 Å². The van der Waals surface area contributed by atoms with Gasteiger partial charge in [-0.25, -0.2) is 4.79 Å². The molecule has 2 aromatic carbocycles. The molecule has 0 radical (unpaired) electrons. The van der Waals surface area contributed by atoms with Crippen LogP contribution < -0.4 is 15.5 Å². The lowest BCUT2D eigenvalue weighted by Gasteiger charge is -2.14. The highest BCUT2D eigenvalue weighted by atomic mass is 16.6. The summed E-state index contributed by atoms with van der Waals surface area (Å²) in [5.41, 5.74) is 2.09. The van der Waals surface area contributed by atoms with Crippen molar-refractivity contribution in [3.8, 4) is 0 Å². The van der Waals surface area contributed by atoms with Crippen molar-refractivity contribution in [2.45, 2.75) is 12.8 Å². The van der Waals surface area contributed by atoms with Gasteiger partial charge in [0, 0.05) is 42.2 Å².